The van der Waals surface area contributed by atoms with Crippen LogP contribution in [0.4, 0.5) is 5.82 Å². The van der Waals surface area contributed by atoms with Crippen LogP contribution in [0, 0.1) is 6.92 Å². The van der Waals surface area contributed by atoms with Gasteiger partial charge < -0.3 is 10.1 Å². The van der Waals surface area contributed by atoms with Crippen LogP contribution in [-0.4, -0.2) is 54.4 Å². The van der Waals surface area contributed by atoms with Crippen molar-refractivity contribution in [2.75, 3.05) is 39.2 Å². The highest BCUT2D eigenvalue weighted by Crippen LogP contribution is 2.25. The Morgan fingerprint density at radius 2 is 1.86 bits per heavy atom. The van der Waals surface area contributed by atoms with Gasteiger partial charge in [-0.05, 0) is 32.5 Å². The summed E-state index contributed by atoms with van der Waals surface area (Å²) in [7, 11) is 3.62. The molecule has 0 unspecified atom stereocenters. The van der Waals surface area contributed by atoms with Gasteiger partial charge in [0.2, 0.25) is 5.91 Å². The highest BCUT2D eigenvalue weighted by atomic mass is 16.5. The molecule has 1 aromatic heterocycles. The van der Waals surface area contributed by atoms with Crippen molar-refractivity contribution in [3.05, 3.63) is 66.2 Å². The average molecular weight is 393 g/mol. The van der Waals surface area contributed by atoms with Crippen molar-refractivity contribution in [3.8, 4) is 16.9 Å². The monoisotopic (exact) mass is 392 g/mol. The molecule has 0 radical (unpaired) electrons. The smallest absolute Gasteiger partial charge is 0.239 e. The first-order valence-electron chi connectivity index (χ1n) is 9.76. The predicted molar refractivity (Wildman–Crippen MR) is 116 cm³/mol. The van der Waals surface area contributed by atoms with E-state index in [1.54, 1.807) is 11.8 Å². The Morgan fingerprint density at radius 3 is 2.55 bits per heavy atom. The first-order chi connectivity index (χ1) is 14.1. The molecular weight excluding hydrogens is 364 g/mol. The minimum atomic E-state index is -0.0718. The Hall–Kier alpha value is -2.96. The van der Waals surface area contributed by atoms with Gasteiger partial charge in [0.05, 0.1) is 17.9 Å². The van der Waals surface area contributed by atoms with Crippen molar-refractivity contribution >= 4 is 11.7 Å². The molecule has 1 N–H and O–H groups in total. The Balaban J connectivity index is 1.80. The minimum absolute atomic E-state index is 0.0718. The van der Waals surface area contributed by atoms with Crippen LogP contribution in [0.15, 0.2) is 60.7 Å². The standard InChI is InChI=1S/C23H28N4O2/c1-18-10-12-19(13-11-18)21-16-22(27(25-21)20-8-5-4-6-9-20)24-23(28)17-26(2)14-7-15-29-3/h4-6,8-13,16H,7,14-15,17H2,1-3H3,(H,24,28). The van der Waals surface area contributed by atoms with Crippen molar-refractivity contribution in [2.24, 2.45) is 0 Å². The molecule has 3 aromatic rings. The van der Waals surface area contributed by atoms with E-state index >= 15 is 0 Å². The maximum atomic E-state index is 12.6. The third-order valence-electron chi connectivity index (χ3n) is 4.63. The molecule has 6 nitrogen and oxygen atoms in total. The lowest BCUT2D eigenvalue weighted by Gasteiger charge is -2.16. The Labute approximate surface area is 172 Å². The molecule has 29 heavy (non-hydrogen) atoms. The molecule has 1 amide bonds. The van der Waals surface area contributed by atoms with E-state index in [1.165, 1.54) is 5.56 Å². The summed E-state index contributed by atoms with van der Waals surface area (Å²) >= 11 is 0. The fraction of sp³-hybridized carbons (Fsp3) is 0.304. The maximum absolute atomic E-state index is 12.6. The van der Waals surface area contributed by atoms with Crippen molar-refractivity contribution in [1.82, 2.24) is 14.7 Å². The van der Waals surface area contributed by atoms with Gasteiger partial charge in [0.25, 0.3) is 0 Å². The van der Waals surface area contributed by atoms with Crippen molar-refractivity contribution in [2.45, 2.75) is 13.3 Å². The van der Waals surface area contributed by atoms with Crippen LogP contribution in [0.5, 0.6) is 0 Å². The number of benzene rings is 2. The average Bonchev–Trinajstić information content (AvgIpc) is 3.13. The minimum Gasteiger partial charge on any atom is -0.385 e. The summed E-state index contributed by atoms with van der Waals surface area (Å²) in [5.74, 6) is 0.583. The molecule has 0 aliphatic heterocycles. The summed E-state index contributed by atoms with van der Waals surface area (Å²) in [5.41, 5.74) is 3.92. The quantitative estimate of drug-likeness (QED) is 0.564. The van der Waals surface area contributed by atoms with E-state index in [0.29, 0.717) is 19.0 Å². The van der Waals surface area contributed by atoms with E-state index < -0.39 is 0 Å². The summed E-state index contributed by atoms with van der Waals surface area (Å²) in [5, 5.41) is 7.77. The van der Waals surface area contributed by atoms with Crippen molar-refractivity contribution < 1.29 is 9.53 Å². The largest absolute Gasteiger partial charge is 0.385 e. The molecule has 1 heterocycles. The zero-order valence-corrected chi connectivity index (χ0v) is 17.3. The van der Waals surface area contributed by atoms with E-state index in [0.717, 1.165) is 29.9 Å². The van der Waals surface area contributed by atoms with Gasteiger partial charge in [-0.15, -0.1) is 0 Å². The number of aromatic nitrogens is 2. The number of likely N-dealkylation sites (N-methyl/N-ethyl adjacent to an activating group) is 1. The van der Waals surface area contributed by atoms with E-state index in [-0.39, 0.29) is 5.91 Å². The van der Waals surface area contributed by atoms with E-state index in [9.17, 15) is 4.79 Å². The number of aryl methyl sites for hydroxylation is 1. The number of hydrogen-bond donors (Lipinski definition) is 1. The highest BCUT2D eigenvalue weighted by Gasteiger charge is 2.15. The van der Waals surface area contributed by atoms with Crippen LogP contribution in [0.25, 0.3) is 16.9 Å². The summed E-state index contributed by atoms with van der Waals surface area (Å²) in [6.45, 7) is 3.85. The second-order valence-corrected chi connectivity index (χ2v) is 7.16. The zero-order chi connectivity index (χ0) is 20.6. The molecule has 0 aliphatic rings. The van der Waals surface area contributed by atoms with Gasteiger partial charge in [-0.2, -0.15) is 5.10 Å². The van der Waals surface area contributed by atoms with Crippen LogP contribution in [0.3, 0.4) is 0 Å². The number of rotatable bonds is 9. The summed E-state index contributed by atoms with van der Waals surface area (Å²) in [6.07, 6.45) is 0.889. The number of anilines is 1. The van der Waals surface area contributed by atoms with Gasteiger partial charge in [0.15, 0.2) is 0 Å². The van der Waals surface area contributed by atoms with E-state index in [1.807, 2.05) is 60.5 Å². The molecule has 0 spiro atoms. The summed E-state index contributed by atoms with van der Waals surface area (Å²) < 4.78 is 6.85. The lowest BCUT2D eigenvalue weighted by Crippen LogP contribution is -2.31. The maximum Gasteiger partial charge on any atom is 0.239 e. The van der Waals surface area contributed by atoms with Gasteiger partial charge >= 0.3 is 0 Å². The molecule has 152 valence electrons. The second-order valence-electron chi connectivity index (χ2n) is 7.16. The second kappa shape index (κ2) is 10.0. The number of para-hydroxylation sites is 1. The fourth-order valence-electron chi connectivity index (χ4n) is 3.09. The topological polar surface area (TPSA) is 59.4 Å². The van der Waals surface area contributed by atoms with Crippen LogP contribution >= 0.6 is 0 Å². The summed E-state index contributed by atoms with van der Waals surface area (Å²) in [4.78, 5) is 14.6. The molecule has 6 heteroatoms. The van der Waals surface area contributed by atoms with E-state index in [2.05, 4.69) is 24.4 Å². The first-order valence-corrected chi connectivity index (χ1v) is 9.76. The lowest BCUT2D eigenvalue weighted by atomic mass is 10.1. The normalized spacial score (nSPS) is 11.0. The Bertz CT molecular complexity index is 920. The number of carbonyl (C=O) groups is 1. The van der Waals surface area contributed by atoms with Crippen LogP contribution in [-0.2, 0) is 9.53 Å². The Morgan fingerprint density at radius 1 is 1.14 bits per heavy atom. The predicted octanol–water partition coefficient (Wildman–Crippen LogP) is 3.75. The van der Waals surface area contributed by atoms with Crippen molar-refractivity contribution in [1.29, 1.82) is 0 Å². The number of methoxy groups -OCH3 is 1. The molecule has 0 bridgehead atoms. The van der Waals surface area contributed by atoms with Crippen LogP contribution in [0.2, 0.25) is 0 Å². The molecular formula is C23H28N4O2. The molecule has 0 aliphatic carbocycles. The van der Waals surface area contributed by atoms with Gasteiger partial charge in [-0.3, -0.25) is 9.69 Å². The number of ether oxygens (including phenoxy) is 1. The lowest BCUT2D eigenvalue weighted by molar-refractivity contribution is -0.117. The molecule has 0 saturated carbocycles. The summed E-state index contributed by atoms with van der Waals surface area (Å²) in [6, 6.07) is 19.9. The van der Waals surface area contributed by atoms with Gasteiger partial charge in [-0.1, -0.05) is 48.0 Å². The van der Waals surface area contributed by atoms with E-state index in [4.69, 9.17) is 9.84 Å². The molecule has 0 fully saturated rings. The van der Waals surface area contributed by atoms with Gasteiger partial charge in [0.1, 0.15) is 5.82 Å². The molecule has 0 atom stereocenters. The van der Waals surface area contributed by atoms with Crippen LogP contribution in [0.1, 0.15) is 12.0 Å². The SMILES string of the molecule is COCCCN(C)CC(=O)Nc1cc(-c2ccc(C)cc2)nn1-c1ccccc1. The molecule has 3 rings (SSSR count). The number of carbonyl (C=O) groups excluding carboxylic acids is 1. The number of nitrogens with one attached hydrogen (secondary N) is 1. The van der Waals surface area contributed by atoms with Crippen LogP contribution < -0.4 is 5.32 Å². The highest BCUT2D eigenvalue weighted by molar-refractivity contribution is 5.92. The first kappa shape index (κ1) is 20.8. The third kappa shape index (κ3) is 5.76. The number of amides is 1. The number of hydrogen-bond acceptors (Lipinski definition) is 4. The van der Waals surface area contributed by atoms with Gasteiger partial charge in [0, 0.05) is 31.9 Å². The Kier molecular flexibility index (Phi) is 7.16. The number of nitrogens with zero attached hydrogens (tertiary/aromatic N) is 3. The zero-order valence-electron chi connectivity index (χ0n) is 17.3. The van der Waals surface area contributed by atoms with Crippen molar-refractivity contribution in [3.63, 3.8) is 0 Å². The van der Waals surface area contributed by atoms with Gasteiger partial charge in [-0.25, -0.2) is 4.68 Å². The fourth-order valence-corrected chi connectivity index (χ4v) is 3.09. The molecule has 2 aromatic carbocycles. The molecule has 0 saturated heterocycles. The third-order valence-corrected chi connectivity index (χ3v) is 4.63.